The highest BCUT2D eigenvalue weighted by atomic mass is 16.7. The van der Waals surface area contributed by atoms with E-state index in [0.29, 0.717) is 10.9 Å². The minimum absolute atomic E-state index is 0.130. The Labute approximate surface area is 194 Å². The molecule has 2 amide bonds. The summed E-state index contributed by atoms with van der Waals surface area (Å²) in [6.45, 7) is 4.76. The first kappa shape index (κ1) is 25.4. The largest absolute Gasteiger partial charge is 0.462 e. The van der Waals surface area contributed by atoms with E-state index in [0.717, 1.165) is 0 Å². The normalized spacial score (nSPS) is 22.8. The van der Waals surface area contributed by atoms with Gasteiger partial charge in [-0.2, -0.15) is 0 Å². The predicted octanol–water partition coefficient (Wildman–Crippen LogP) is -0.248. The summed E-state index contributed by atoms with van der Waals surface area (Å²) >= 11 is 0. The lowest BCUT2D eigenvalue weighted by molar-refractivity contribution is -0.242. The summed E-state index contributed by atoms with van der Waals surface area (Å²) in [5, 5.41) is 34.7. The SMILES string of the molecule is CC(C)(C)OC(=O)NCNC(=O)Cc1cc(=O)oc2cc(OC3OC[C@@H](O)[C@@H](O)C3O)ccc12. The van der Waals surface area contributed by atoms with Crippen molar-refractivity contribution in [2.75, 3.05) is 13.3 Å². The number of ether oxygens (including phenoxy) is 3. The average molecular weight is 480 g/mol. The Balaban J connectivity index is 1.66. The maximum absolute atomic E-state index is 12.3. The third-order valence-corrected chi connectivity index (χ3v) is 4.78. The van der Waals surface area contributed by atoms with Gasteiger partial charge in [0.15, 0.2) is 0 Å². The third kappa shape index (κ3) is 6.67. The number of hydrogen-bond donors (Lipinski definition) is 5. The molecule has 12 nitrogen and oxygen atoms in total. The van der Waals surface area contributed by atoms with Gasteiger partial charge in [-0.3, -0.25) is 4.79 Å². The van der Waals surface area contributed by atoms with Crippen LogP contribution in [0.25, 0.3) is 11.0 Å². The fourth-order valence-electron chi connectivity index (χ4n) is 3.21. The molecule has 2 heterocycles. The highest BCUT2D eigenvalue weighted by Crippen LogP contribution is 2.26. The number of rotatable bonds is 6. The van der Waals surface area contributed by atoms with E-state index in [2.05, 4.69) is 10.6 Å². The lowest BCUT2D eigenvalue weighted by Gasteiger charge is -2.34. The number of alkyl carbamates (subject to hydrolysis) is 1. The Hall–Kier alpha value is -3.19. The van der Waals surface area contributed by atoms with E-state index in [9.17, 15) is 29.7 Å². The summed E-state index contributed by atoms with van der Waals surface area (Å²) in [7, 11) is 0. The molecule has 1 aromatic heterocycles. The van der Waals surface area contributed by atoms with E-state index in [4.69, 9.17) is 18.6 Å². The van der Waals surface area contributed by atoms with E-state index in [1.54, 1.807) is 26.8 Å². The van der Waals surface area contributed by atoms with Crippen molar-refractivity contribution in [1.29, 1.82) is 0 Å². The van der Waals surface area contributed by atoms with Gasteiger partial charge in [0.25, 0.3) is 0 Å². The molecule has 0 saturated carbocycles. The van der Waals surface area contributed by atoms with E-state index in [-0.39, 0.29) is 31.0 Å². The molecule has 0 bridgehead atoms. The first-order valence-electron chi connectivity index (χ1n) is 10.6. The molecule has 0 radical (unpaired) electrons. The maximum atomic E-state index is 12.3. The molecule has 2 unspecified atom stereocenters. The molecule has 5 N–H and O–H groups in total. The van der Waals surface area contributed by atoms with Crippen molar-refractivity contribution in [3.8, 4) is 5.75 Å². The number of carbonyl (C=O) groups is 2. The molecule has 1 aliphatic rings. The highest BCUT2D eigenvalue weighted by Gasteiger charge is 2.39. The van der Waals surface area contributed by atoms with E-state index in [1.165, 1.54) is 18.2 Å². The van der Waals surface area contributed by atoms with Crippen molar-refractivity contribution in [3.63, 3.8) is 0 Å². The average Bonchev–Trinajstić information content (AvgIpc) is 2.72. The lowest BCUT2D eigenvalue weighted by atomic mass is 10.1. The van der Waals surface area contributed by atoms with Gasteiger partial charge in [-0.25, -0.2) is 9.59 Å². The first-order valence-corrected chi connectivity index (χ1v) is 10.6. The quantitative estimate of drug-likeness (QED) is 0.274. The highest BCUT2D eigenvalue weighted by molar-refractivity contribution is 5.87. The van der Waals surface area contributed by atoms with Crippen molar-refractivity contribution in [3.05, 3.63) is 40.2 Å². The molecule has 4 atom stereocenters. The second kappa shape index (κ2) is 10.4. The van der Waals surface area contributed by atoms with Gasteiger partial charge in [0.05, 0.1) is 19.7 Å². The molecule has 1 aromatic carbocycles. The number of benzene rings is 1. The van der Waals surface area contributed by atoms with Gasteiger partial charge >= 0.3 is 11.7 Å². The van der Waals surface area contributed by atoms with Crippen LogP contribution in [0.15, 0.2) is 33.5 Å². The molecular formula is C22H28N2O10. The number of fused-ring (bicyclic) bond motifs is 1. The van der Waals surface area contributed by atoms with Gasteiger partial charge in [0.2, 0.25) is 12.2 Å². The fourth-order valence-corrected chi connectivity index (χ4v) is 3.21. The Morgan fingerprint density at radius 1 is 1.12 bits per heavy atom. The Morgan fingerprint density at radius 3 is 2.56 bits per heavy atom. The molecule has 34 heavy (non-hydrogen) atoms. The van der Waals surface area contributed by atoms with E-state index >= 15 is 0 Å². The Morgan fingerprint density at radius 2 is 1.85 bits per heavy atom. The van der Waals surface area contributed by atoms with Crippen LogP contribution in [0, 0.1) is 0 Å². The number of aliphatic hydroxyl groups excluding tert-OH is 3. The van der Waals surface area contributed by atoms with Crippen LogP contribution >= 0.6 is 0 Å². The van der Waals surface area contributed by atoms with Gasteiger partial charge in [-0.1, -0.05) is 0 Å². The van der Waals surface area contributed by atoms with Crippen LogP contribution in [0.4, 0.5) is 4.79 Å². The summed E-state index contributed by atoms with van der Waals surface area (Å²) in [5.41, 5.74) is -0.840. The third-order valence-electron chi connectivity index (χ3n) is 4.78. The fraction of sp³-hybridized carbons (Fsp3) is 0.500. The molecule has 1 fully saturated rings. The Kier molecular flexibility index (Phi) is 7.77. The molecule has 0 spiro atoms. The molecule has 1 aliphatic heterocycles. The van der Waals surface area contributed by atoms with Crippen LogP contribution in [-0.2, 0) is 20.7 Å². The molecule has 2 aromatic rings. The summed E-state index contributed by atoms with van der Waals surface area (Å²) in [5.74, 6) is -0.277. The molecule has 3 rings (SSSR count). The van der Waals surface area contributed by atoms with E-state index < -0.39 is 47.8 Å². The van der Waals surface area contributed by atoms with Gasteiger partial charge < -0.3 is 44.6 Å². The number of aliphatic hydroxyl groups is 3. The van der Waals surface area contributed by atoms with Gasteiger partial charge in [-0.05, 0) is 38.5 Å². The second-order valence-corrected chi connectivity index (χ2v) is 8.75. The monoisotopic (exact) mass is 480 g/mol. The predicted molar refractivity (Wildman–Crippen MR) is 117 cm³/mol. The minimum Gasteiger partial charge on any atom is -0.462 e. The number of amides is 2. The van der Waals surface area contributed by atoms with Crippen LogP contribution in [-0.4, -0.2) is 70.8 Å². The topological polar surface area (TPSA) is 177 Å². The zero-order valence-electron chi connectivity index (χ0n) is 18.9. The second-order valence-electron chi connectivity index (χ2n) is 8.75. The van der Waals surface area contributed by atoms with Crippen LogP contribution in [0.5, 0.6) is 5.75 Å². The molecular weight excluding hydrogens is 452 g/mol. The minimum atomic E-state index is -1.49. The van der Waals surface area contributed by atoms with Crippen molar-refractivity contribution in [2.45, 2.75) is 57.4 Å². The zero-order chi connectivity index (χ0) is 25.0. The summed E-state index contributed by atoms with van der Waals surface area (Å²) < 4.78 is 21.0. The molecule has 12 heteroatoms. The number of hydrogen-bond acceptors (Lipinski definition) is 10. The van der Waals surface area contributed by atoms with E-state index in [1.807, 2.05) is 0 Å². The van der Waals surface area contributed by atoms with Crippen molar-refractivity contribution in [2.24, 2.45) is 0 Å². The summed E-state index contributed by atoms with van der Waals surface area (Å²) in [6.07, 6.45) is -6.25. The van der Waals surface area contributed by atoms with Crippen molar-refractivity contribution in [1.82, 2.24) is 10.6 Å². The summed E-state index contributed by atoms with van der Waals surface area (Å²) in [4.78, 5) is 36.0. The zero-order valence-corrected chi connectivity index (χ0v) is 18.9. The van der Waals surface area contributed by atoms with Crippen LogP contribution < -0.4 is 21.0 Å². The lowest BCUT2D eigenvalue weighted by Crippen LogP contribution is -2.54. The molecule has 0 aliphatic carbocycles. The van der Waals surface area contributed by atoms with Gasteiger partial charge in [-0.15, -0.1) is 0 Å². The van der Waals surface area contributed by atoms with Gasteiger partial charge in [0, 0.05) is 17.5 Å². The standard InChI is InChI=1S/C22H28N2O10/c1-22(2,3)34-21(30)24-10-23-16(26)6-11-7-17(27)33-15-8-12(4-5-13(11)15)32-20-19(29)18(28)14(25)9-31-20/h4-5,7-8,14,18-20,25,28-29H,6,9-10H2,1-3H3,(H,23,26)(H,24,30)/t14-,18-,19?,20?/m1/s1. The van der Waals surface area contributed by atoms with Gasteiger partial charge in [0.1, 0.15) is 35.2 Å². The molecule has 1 saturated heterocycles. The number of carbonyl (C=O) groups excluding carboxylic acids is 2. The maximum Gasteiger partial charge on any atom is 0.409 e. The molecule has 186 valence electrons. The summed E-state index contributed by atoms with van der Waals surface area (Å²) in [6, 6.07) is 5.65. The van der Waals surface area contributed by atoms with Crippen molar-refractivity contribution >= 4 is 23.0 Å². The Bertz CT molecular complexity index is 1090. The number of nitrogens with one attached hydrogen (secondary N) is 2. The van der Waals surface area contributed by atoms with Crippen LogP contribution in [0.2, 0.25) is 0 Å². The van der Waals surface area contributed by atoms with Crippen LogP contribution in [0.3, 0.4) is 0 Å². The first-order chi connectivity index (χ1) is 15.9. The van der Waals surface area contributed by atoms with Crippen LogP contribution in [0.1, 0.15) is 26.3 Å². The van der Waals surface area contributed by atoms with Crippen molar-refractivity contribution < 1.29 is 43.5 Å². The smallest absolute Gasteiger partial charge is 0.409 e.